The average molecular weight is 408 g/mol. The Morgan fingerprint density at radius 3 is 2.85 bits per heavy atom. The molecular weight excluding hydrogens is 393 g/mol. The van der Waals surface area contributed by atoms with Gasteiger partial charge in [0.15, 0.2) is 10.8 Å². The Labute approximate surface area is 163 Å². The van der Waals surface area contributed by atoms with Crippen LogP contribution in [0.25, 0.3) is 0 Å². The number of esters is 1. The van der Waals surface area contributed by atoms with Gasteiger partial charge in [-0.25, -0.2) is 14.2 Å². The lowest BCUT2D eigenvalue weighted by molar-refractivity contribution is -0.136. The molecule has 27 heavy (non-hydrogen) atoms. The zero-order valence-electron chi connectivity index (χ0n) is 14.2. The zero-order valence-corrected chi connectivity index (χ0v) is 15.8. The Balaban J connectivity index is 1.88. The number of rotatable bonds is 4. The summed E-state index contributed by atoms with van der Waals surface area (Å²) in [5.41, 5.74) is 1.55. The molecule has 1 aromatic carbocycles. The fraction of sp³-hybridized carbons (Fsp3) is 0.278. The van der Waals surface area contributed by atoms with Crippen LogP contribution < -0.4 is 5.32 Å². The number of methoxy groups -OCH3 is 1. The molecule has 0 saturated carbocycles. The van der Waals surface area contributed by atoms with Gasteiger partial charge in [0.1, 0.15) is 11.9 Å². The normalized spacial score (nSPS) is 20.0. The van der Waals surface area contributed by atoms with Crippen molar-refractivity contribution >= 4 is 34.7 Å². The molecule has 2 aromatic rings. The minimum atomic E-state index is -0.735. The van der Waals surface area contributed by atoms with Crippen LogP contribution in [0.4, 0.5) is 4.39 Å². The van der Waals surface area contributed by atoms with Crippen molar-refractivity contribution in [2.75, 3.05) is 20.3 Å². The number of carbonyl (C=O) groups excluding carboxylic acids is 1. The summed E-state index contributed by atoms with van der Waals surface area (Å²) in [6.07, 6.45) is 1.68. The van der Waals surface area contributed by atoms with E-state index in [9.17, 15) is 9.18 Å². The molecule has 1 aromatic heterocycles. The van der Waals surface area contributed by atoms with Gasteiger partial charge in [-0.2, -0.15) is 0 Å². The SMILES string of the molecule is COC(=O)C1=C(C2COC2)NC(c2nccs2)=NC1c1ccc(F)cc1Cl. The van der Waals surface area contributed by atoms with Crippen molar-refractivity contribution in [1.29, 1.82) is 0 Å². The van der Waals surface area contributed by atoms with Crippen molar-refractivity contribution < 1.29 is 18.7 Å². The Morgan fingerprint density at radius 2 is 2.26 bits per heavy atom. The predicted molar refractivity (Wildman–Crippen MR) is 99.3 cm³/mol. The van der Waals surface area contributed by atoms with E-state index in [-0.39, 0.29) is 10.9 Å². The third kappa shape index (κ3) is 3.36. The Bertz CT molecular complexity index is 941. The number of aliphatic imine (C=N–C) groups is 1. The van der Waals surface area contributed by atoms with Crippen molar-refractivity contribution in [1.82, 2.24) is 10.3 Å². The second-order valence-electron chi connectivity index (χ2n) is 6.06. The maximum Gasteiger partial charge on any atom is 0.338 e. The van der Waals surface area contributed by atoms with Gasteiger partial charge in [0.25, 0.3) is 0 Å². The maximum absolute atomic E-state index is 13.5. The minimum absolute atomic E-state index is 0.00582. The molecule has 1 N–H and O–H groups in total. The molecule has 3 heterocycles. The first-order valence-corrected chi connectivity index (χ1v) is 9.44. The summed E-state index contributed by atoms with van der Waals surface area (Å²) in [7, 11) is 1.31. The quantitative estimate of drug-likeness (QED) is 0.788. The third-order valence-electron chi connectivity index (χ3n) is 4.42. The van der Waals surface area contributed by atoms with Gasteiger partial charge in [-0.3, -0.25) is 4.99 Å². The molecule has 0 bridgehead atoms. The van der Waals surface area contributed by atoms with E-state index in [1.54, 1.807) is 6.20 Å². The van der Waals surface area contributed by atoms with E-state index in [0.29, 0.717) is 40.9 Å². The van der Waals surface area contributed by atoms with Crippen LogP contribution in [-0.2, 0) is 14.3 Å². The molecule has 140 valence electrons. The van der Waals surface area contributed by atoms with Gasteiger partial charge in [0, 0.05) is 33.8 Å². The molecule has 2 aliphatic rings. The molecule has 0 aliphatic carbocycles. The highest BCUT2D eigenvalue weighted by atomic mass is 35.5. The van der Waals surface area contributed by atoms with Gasteiger partial charge < -0.3 is 14.8 Å². The summed E-state index contributed by atoms with van der Waals surface area (Å²) >= 11 is 7.70. The monoisotopic (exact) mass is 407 g/mol. The first-order valence-electron chi connectivity index (χ1n) is 8.18. The van der Waals surface area contributed by atoms with Crippen molar-refractivity contribution in [3.05, 3.63) is 62.5 Å². The van der Waals surface area contributed by atoms with Crippen LogP contribution in [0.15, 0.2) is 46.0 Å². The number of hydrogen-bond acceptors (Lipinski definition) is 7. The van der Waals surface area contributed by atoms with Crippen LogP contribution in [0.2, 0.25) is 5.02 Å². The number of amidine groups is 1. The molecule has 4 rings (SSSR count). The van der Waals surface area contributed by atoms with E-state index < -0.39 is 17.8 Å². The lowest BCUT2D eigenvalue weighted by Gasteiger charge is -2.35. The van der Waals surface area contributed by atoms with Crippen molar-refractivity contribution in [3.8, 4) is 0 Å². The number of hydrogen-bond donors (Lipinski definition) is 1. The number of nitrogens with zero attached hydrogens (tertiary/aromatic N) is 2. The molecule has 0 radical (unpaired) electrons. The van der Waals surface area contributed by atoms with Gasteiger partial charge in [0.2, 0.25) is 0 Å². The smallest absolute Gasteiger partial charge is 0.338 e. The molecule has 0 spiro atoms. The number of ether oxygens (including phenoxy) is 2. The first kappa shape index (κ1) is 18.1. The zero-order chi connectivity index (χ0) is 19.0. The first-order chi connectivity index (χ1) is 13.1. The van der Waals surface area contributed by atoms with Crippen LogP contribution in [-0.4, -0.2) is 37.1 Å². The molecule has 1 saturated heterocycles. The van der Waals surface area contributed by atoms with Crippen molar-refractivity contribution in [2.45, 2.75) is 6.04 Å². The number of benzene rings is 1. The van der Waals surface area contributed by atoms with Gasteiger partial charge >= 0.3 is 5.97 Å². The average Bonchev–Trinajstić information content (AvgIpc) is 3.14. The number of thiazole rings is 1. The van der Waals surface area contributed by atoms with Crippen LogP contribution in [0, 0.1) is 11.7 Å². The molecule has 1 unspecified atom stereocenters. The van der Waals surface area contributed by atoms with E-state index >= 15 is 0 Å². The maximum atomic E-state index is 13.5. The second-order valence-corrected chi connectivity index (χ2v) is 7.36. The van der Waals surface area contributed by atoms with E-state index in [4.69, 9.17) is 21.1 Å². The highest BCUT2D eigenvalue weighted by Gasteiger charge is 2.38. The summed E-state index contributed by atoms with van der Waals surface area (Å²) in [4.78, 5) is 21.6. The van der Waals surface area contributed by atoms with Gasteiger partial charge in [0.05, 0.1) is 25.9 Å². The van der Waals surface area contributed by atoms with E-state index in [1.807, 2.05) is 5.38 Å². The highest BCUT2D eigenvalue weighted by molar-refractivity contribution is 7.11. The molecule has 6 nitrogen and oxygen atoms in total. The number of carbonyl (C=O) groups is 1. The number of aromatic nitrogens is 1. The lowest BCUT2D eigenvalue weighted by Crippen LogP contribution is -2.42. The standard InChI is InChI=1S/C18H15ClFN3O3S/c1-25-18(24)13-14(9-7-26-8-9)22-16(17-21-4-5-27-17)23-15(13)11-3-2-10(20)6-12(11)19/h2-6,9,15H,7-8H2,1H3,(H,22,23). The van der Waals surface area contributed by atoms with Gasteiger partial charge in [-0.1, -0.05) is 17.7 Å². The van der Waals surface area contributed by atoms with E-state index in [0.717, 1.165) is 0 Å². The number of nitrogens with one attached hydrogen (secondary N) is 1. The summed E-state index contributed by atoms with van der Waals surface area (Å²) in [5.74, 6) is -0.439. The summed E-state index contributed by atoms with van der Waals surface area (Å²) in [5, 5.41) is 5.94. The fourth-order valence-corrected chi connectivity index (χ4v) is 3.88. The molecule has 0 amide bonds. The highest BCUT2D eigenvalue weighted by Crippen LogP contribution is 2.39. The number of halogens is 2. The second kappa shape index (κ2) is 7.38. The Morgan fingerprint density at radius 1 is 1.44 bits per heavy atom. The molecule has 2 aliphatic heterocycles. The van der Waals surface area contributed by atoms with Crippen LogP contribution in [0.3, 0.4) is 0 Å². The lowest BCUT2D eigenvalue weighted by atomic mass is 9.89. The molecule has 9 heteroatoms. The van der Waals surface area contributed by atoms with Crippen molar-refractivity contribution in [2.24, 2.45) is 10.9 Å². The van der Waals surface area contributed by atoms with Gasteiger partial charge in [-0.15, -0.1) is 11.3 Å². The summed E-state index contributed by atoms with van der Waals surface area (Å²) in [6, 6.07) is 3.30. The summed E-state index contributed by atoms with van der Waals surface area (Å²) in [6.45, 7) is 0.968. The minimum Gasteiger partial charge on any atom is -0.466 e. The fourth-order valence-electron chi connectivity index (χ4n) is 3.02. The molecular formula is C18H15ClFN3O3S. The third-order valence-corrected chi connectivity index (χ3v) is 5.53. The Hall–Kier alpha value is -2.29. The Kier molecular flexibility index (Phi) is 4.94. The van der Waals surface area contributed by atoms with Crippen LogP contribution in [0.5, 0.6) is 0 Å². The topological polar surface area (TPSA) is 72.8 Å². The molecule has 1 atom stereocenters. The van der Waals surface area contributed by atoms with Crippen LogP contribution >= 0.6 is 22.9 Å². The largest absolute Gasteiger partial charge is 0.466 e. The van der Waals surface area contributed by atoms with Gasteiger partial charge in [-0.05, 0) is 12.1 Å². The predicted octanol–water partition coefficient (Wildman–Crippen LogP) is 3.10. The van der Waals surface area contributed by atoms with E-state index in [2.05, 4.69) is 15.3 Å². The molecule has 1 fully saturated rings. The van der Waals surface area contributed by atoms with Crippen molar-refractivity contribution in [3.63, 3.8) is 0 Å². The van der Waals surface area contributed by atoms with Crippen LogP contribution in [0.1, 0.15) is 16.6 Å². The summed E-state index contributed by atoms with van der Waals surface area (Å²) < 4.78 is 23.8. The van der Waals surface area contributed by atoms with E-state index in [1.165, 1.54) is 36.6 Å².